The number of hydrogen-bond acceptors (Lipinski definition) is 2. The van der Waals surface area contributed by atoms with Crippen LogP contribution >= 0.6 is 0 Å². The van der Waals surface area contributed by atoms with Gasteiger partial charge in [0, 0.05) is 12.7 Å². The summed E-state index contributed by atoms with van der Waals surface area (Å²) in [6.45, 7) is 6.94. The molecule has 0 spiro atoms. The third-order valence-electron chi connectivity index (χ3n) is 4.80. The number of hydrogen-bond donors (Lipinski definition) is 2. The standard InChI is InChI=1S/C18H21F2N3O/c1-10-7-18(2,3)13-6-4-5-11(14(10)13)8-21-17(24)12-9-22-23-15(12)16(19)20/h4-6,9-10,16H,7-8H2,1-3H3,(H,21,24)(H,22,23). The van der Waals surface area contributed by atoms with E-state index in [0.29, 0.717) is 12.5 Å². The van der Waals surface area contributed by atoms with Crippen LogP contribution in [0.4, 0.5) is 8.78 Å². The van der Waals surface area contributed by atoms with Crippen molar-refractivity contribution in [3.8, 4) is 0 Å². The van der Waals surface area contributed by atoms with E-state index in [0.717, 1.165) is 12.0 Å². The number of rotatable bonds is 4. The van der Waals surface area contributed by atoms with Crippen molar-refractivity contribution in [3.63, 3.8) is 0 Å². The largest absolute Gasteiger partial charge is 0.348 e. The molecule has 4 nitrogen and oxygen atoms in total. The molecule has 0 saturated carbocycles. The van der Waals surface area contributed by atoms with Gasteiger partial charge in [-0.3, -0.25) is 9.89 Å². The topological polar surface area (TPSA) is 57.8 Å². The van der Waals surface area contributed by atoms with Crippen LogP contribution in [0.25, 0.3) is 0 Å². The number of fused-ring (bicyclic) bond motifs is 1. The second-order valence-electron chi connectivity index (χ2n) is 7.03. The summed E-state index contributed by atoms with van der Waals surface area (Å²) < 4.78 is 25.7. The van der Waals surface area contributed by atoms with Gasteiger partial charge in [0.15, 0.2) is 0 Å². The third kappa shape index (κ3) is 2.81. The highest BCUT2D eigenvalue weighted by Crippen LogP contribution is 2.46. The van der Waals surface area contributed by atoms with E-state index in [9.17, 15) is 13.6 Å². The van der Waals surface area contributed by atoms with E-state index in [-0.39, 0.29) is 11.0 Å². The number of aromatic amines is 1. The molecule has 6 heteroatoms. The van der Waals surface area contributed by atoms with Gasteiger partial charge in [0.2, 0.25) is 0 Å². The lowest BCUT2D eigenvalue weighted by molar-refractivity contribution is 0.0936. The highest BCUT2D eigenvalue weighted by Gasteiger charge is 2.35. The zero-order chi connectivity index (χ0) is 17.5. The first kappa shape index (κ1) is 16.6. The molecule has 0 aliphatic heterocycles. The van der Waals surface area contributed by atoms with Crippen molar-refractivity contribution < 1.29 is 13.6 Å². The molecule has 0 fully saturated rings. The van der Waals surface area contributed by atoms with Crippen molar-refractivity contribution in [2.45, 2.75) is 51.5 Å². The Bertz CT molecular complexity index is 767. The molecular formula is C18H21F2N3O. The average molecular weight is 333 g/mol. The number of benzene rings is 1. The predicted molar refractivity (Wildman–Crippen MR) is 87.2 cm³/mol. The molecule has 1 heterocycles. The maximum atomic E-state index is 12.8. The minimum atomic E-state index is -2.78. The van der Waals surface area contributed by atoms with Crippen LogP contribution in [0.2, 0.25) is 0 Å². The Hall–Kier alpha value is -2.24. The molecule has 0 bridgehead atoms. The number of nitrogens with zero attached hydrogens (tertiary/aromatic N) is 1. The lowest BCUT2D eigenvalue weighted by Crippen LogP contribution is -2.24. The van der Waals surface area contributed by atoms with E-state index in [1.54, 1.807) is 0 Å². The molecular weight excluding hydrogens is 312 g/mol. The summed E-state index contributed by atoms with van der Waals surface area (Å²) in [7, 11) is 0. The average Bonchev–Trinajstić information content (AvgIpc) is 3.09. The maximum Gasteiger partial charge on any atom is 0.282 e. The summed E-state index contributed by atoms with van der Waals surface area (Å²) >= 11 is 0. The zero-order valence-corrected chi connectivity index (χ0v) is 14.0. The summed E-state index contributed by atoms with van der Waals surface area (Å²) in [4.78, 5) is 12.2. The number of nitrogens with one attached hydrogen (secondary N) is 2. The summed E-state index contributed by atoms with van der Waals surface area (Å²) in [5.74, 6) is -0.129. The normalized spacial score (nSPS) is 18.7. The van der Waals surface area contributed by atoms with Gasteiger partial charge in [0.25, 0.3) is 12.3 Å². The first-order chi connectivity index (χ1) is 11.3. The van der Waals surface area contributed by atoms with E-state index in [2.05, 4.69) is 42.4 Å². The van der Waals surface area contributed by atoms with Crippen LogP contribution in [0.5, 0.6) is 0 Å². The number of carbonyl (C=O) groups excluding carboxylic acids is 1. The predicted octanol–water partition coefficient (Wildman–Crippen LogP) is 4.06. The molecule has 24 heavy (non-hydrogen) atoms. The number of carbonyl (C=O) groups is 1. The highest BCUT2D eigenvalue weighted by atomic mass is 19.3. The van der Waals surface area contributed by atoms with Crippen molar-refractivity contribution in [1.82, 2.24) is 15.5 Å². The highest BCUT2D eigenvalue weighted by molar-refractivity contribution is 5.95. The molecule has 1 unspecified atom stereocenters. The molecule has 1 aliphatic carbocycles. The Kier molecular flexibility index (Phi) is 4.15. The summed E-state index contributed by atoms with van der Waals surface area (Å²) in [5.41, 5.74) is 3.11. The van der Waals surface area contributed by atoms with Gasteiger partial charge < -0.3 is 5.32 Å². The van der Waals surface area contributed by atoms with Gasteiger partial charge in [-0.2, -0.15) is 5.10 Å². The second kappa shape index (κ2) is 6.00. The minimum absolute atomic E-state index is 0.106. The fourth-order valence-corrected chi connectivity index (χ4v) is 3.84. The number of halogens is 2. The van der Waals surface area contributed by atoms with Crippen LogP contribution in [0, 0.1) is 0 Å². The molecule has 1 amide bonds. The Morgan fingerprint density at radius 3 is 2.92 bits per heavy atom. The quantitative estimate of drug-likeness (QED) is 0.886. The van der Waals surface area contributed by atoms with Gasteiger partial charge >= 0.3 is 0 Å². The van der Waals surface area contributed by atoms with Crippen LogP contribution in [-0.2, 0) is 12.0 Å². The molecule has 0 radical (unpaired) electrons. The molecule has 1 aromatic carbocycles. The van der Waals surface area contributed by atoms with Gasteiger partial charge in [0.1, 0.15) is 5.69 Å². The first-order valence-electron chi connectivity index (χ1n) is 8.03. The molecule has 1 atom stereocenters. The Balaban J connectivity index is 1.80. The molecule has 2 aromatic rings. The van der Waals surface area contributed by atoms with E-state index >= 15 is 0 Å². The Labute approximate surface area is 139 Å². The first-order valence-corrected chi connectivity index (χ1v) is 8.03. The van der Waals surface area contributed by atoms with Gasteiger partial charge in [0.05, 0.1) is 5.56 Å². The Morgan fingerprint density at radius 2 is 2.21 bits per heavy atom. The number of amides is 1. The van der Waals surface area contributed by atoms with Crippen molar-refractivity contribution in [1.29, 1.82) is 0 Å². The van der Waals surface area contributed by atoms with Crippen LogP contribution in [0.3, 0.4) is 0 Å². The third-order valence-corrected chi connectivity index (χ3v) is 4.80. The minimum Gasteiger partial charge on any atom is -0.348 e. The summed E-state index contributed by atoms with van der Waals surface area (Å²) in [6, 6.07) is 6.11. The summed E-state index contributed by atoms with van der Waals surface area (Å²) in [5, 5.41) is 8.51. The fourth-order valence-electron chi connectivity index (χ4n) is 3.84. The van der Waals surface area contributed by atoms with Crippen LogP contribution in [-0.4, -0.2) is 16.1 Å². The second-order valence-corrected chi connectivity index (χ2v) is 7.03. The fraction of sp³-hybridized carbons (Fsp3) is 0.444. The number of H-pyrrole nitrogens is 1. The molecule has 1 aromatic heterocycles. The monoisotopic (exact) mass is 333 g/mol. The van der Waals surface area contributed by atoms with E-state index < -0.39 is 18.0 Å². The number of alkyl halides is 2. The van der Waals surface area contributed by atoms with Gasteiger partial charge in [-0.15, -0.1) is 0 Å². The van der Waals surface area contributed by atoms with Crippen molar-refractivity contribution in [2.24, 2.45) is 0 Å². The van der Waals surface area contributed by atoms with Crippen molar-refractivity contribution >= 4 is 5.91 Å². The number of aromatic nitrogens is 2. The van der Waals surface area contributed by atoms with Crippen LogP contribution in [0.1, 0.15) is 72.3 Å². The molecule has 1 aliphatic rings. The van der Waals surface area contributed by atoms with Gasteiger partial charge in [-0.05, 0) is 34.4 Å². The Morgan fingerprint density at radius 1 is 1.46 bits per heavy atom. The summed E-state index contributed by atoms with van der Waals surface area (Å²) in [6.07, 6.45) is -0.512. The van der Waals surface area contributed by atoms with Crippen LogP contribution < -0.4 is 5.32 Å². The van der Waals surface area contributed by atoms with E-state index in [1.807, 2.05) is 12.1 Å². The lowest BCUT2D eigenvalue weighted by Gasteiger charge is -2.19. The SMILES string of the molecule is CC1CC(C)(C)c2cccc(CNC(=O)c3c[nH]nc3C(F)F)c21. The zero-order valence-electron chi connectivity index (χ0n) is 14.0. The van der Waals surface area contributed by atoms with E-state index in [1.165, 1.54) is 17.3 Å². The molecule has 0 saturated heterocycles. The smallest absolute Gasteiger partial charge is 0.282 e. The molecule has 128 valence electrons. The van der Waals surface area contributed by atoms with Gasteiger partial charge in [-0.1, -0.05) is 39.0 Å². The van der Waals surface area contributed by atoms with Crippen LogP contribution in [0.15, 0.2) is 24.4 Å². The maximum absolute atomic E-state index is 12.8. The van der Waals surface area contributed by atoms with E-state index in [4.69, 9.17) is 0 Å². The lowest BCUT2D eigenvalue weighted by atomic mass is 9.86. The van der Waals surface area contributed by atoms with Gasteiger partial charge in [-0.25, -0.2) is 8.78 Å². The van der Waals surface area contributed by atoms with Crippen molar-refractivity contribution in [3.05, 3.63) is 52.3 Å². The molecule has 2 N–H and O–H groups in total. The molecule has 3 rings (SSSR count). The van der Waals surface area contributed by atoms with Crippen molar-refractivity contribution in [2.75, 3.05) is 0 Å².